The molecule has 1 aromatic heterocycles. The van der Waals surface area contributed by atoms with E-state index in [1.54, 1.807) is 23.2 Å². The molecule has 1 amide bonds. The Hall–Kier alpha value is -0.940. The molecule has 1 N–H and O–H groups in total. The van der Waals surface area contributed by atoms with E-state index in [4.69, 9.17) is 0 Å². The first-order valence-corrected chi connectivity index (χ1v) is 8.93. The maximum atomic E-state index is 11.5. The van der Waals surface area contributed by atoms with Crippen LogP contribution in [0.5, 0.6) is 0 Å². The van der Waals surface area contributed by atoms with Gasteiger partial charge in [0.15, 0.2) is 5.13 Å². The van der Waals surface area contributed by atoms with E-state index in [1.165, 1.54) is 25.7 Å². The third-order valence-corrected chi connectivity index (χ3v) is 5.38. The summed E-state index contributed by atoms with van der Waals surface area (Å²) < 4.78 is 0. The highest BCUT2D eigenvalue weighted by atomic mass is 32.1. The lowest BCUT2D eigenvalue weighted by Gasteiger charge is -2.28. The minimum atomic E-state index is 0.0578. The normalized spacial score (nSPS) is 22.2. The molecule has 1 saturated carbocycles. The van der Waals surface area contributed by atoms with Crippen LogP contribution in [0.1, 0.15) is 52.1 Å². The van der Waals surface area contributed by atoms with Gasteiger partial charge in [-0.1, -0.05) is 26.2 Å². The van der Waals surface area contributed by atoms with Gasteiger partial charge in [0.1, 0.15) is 0 Å². The van der Waals surface area contributed by atoms with E-state index in [0.29, 0.717) is 6.54 Å². The van der Waals surface area contributed by atoms with Crippen molar-refractivity contribution in [2.45, 2.75) is 53.0 Å². The molecule has 0 spiro atoms. The van der Waals surface area contributed by atoms with Gasteiger partial charge in [-0.05, 0) is 31.7 Å². The van der Waals surface area contributed by atoms with Crippen LogP contribution in [0.3, 0.4) is 0 Å². The molecule has 0 radical (unpaired) electrons. The van der Waals surface area contributed by atoms with Gasteiger partial charge in [0.25, 0.3) is 0 Å². The lowest BCUT2D eigenvalue weighted by molar-refractivity contribution is -0.116. The van der Waals surface area contributed by atoms with Crippen molar-refractivity contribution in [3.8, 4) is 0 Å². The zero-order chi connectivity index (χ0) is 15.2. The largest absolute Gasteiger partial charge is 0.311 e. The van der Waals surface area contributed by atoms with Gasteiger partial charge in [0, 0.05) is 25.4 Å². The number of thiazole rings is 1. The number of anilines is 1. The summed E-state index contributed by atoms with van der Waals surface area (Å²) in [5, 5.41) is 6.41. The summed E-state index contributed by atoms with van der Waals surface area (Å²) in [7, 11) is 0. The van der Waals surface area contributed by atoms with Crippen LogP contribution in [0.15, 0.2) is 5.38 Å². The maximum Gasteiger partial charge on any atom is 0.225 e. The van der Waals surface area contributed by atoms with Gasteiger partial charge in [-0.25, -0.2) is 4.98 Å². The first-order chi connectivity index (χ1) is 10.1. The summed E-state index contributed by atoms with van der Waals surface area (Å²) >= 11 is 1.55. The van der Waals surface area contributed by atoms with E-state index in [2.05, 4.69) is 22.6 Å². The van der Waals surface area contributed by atoms with Crippen LogP contribution in [-0.4, -0.2) is 24.0 Å². The Labute approximate surface area is 132 Å². The number of nitrogens with one attached hydrogen (secondary N) is 1. The van der Waals surface area contributed by atoms with Gasteiger partial charge in [-0.2, -0.15) is 0 Å². The maximum absolute atomic E-state index is 11.5. The Bertz CT molecular complexity index is 460. The number of nitrogens with zero attached hydrogens (tertiary/aromatic N) is 2. The first kappa shape index (κ1) is 16.4. The summed E-state index contributed by atoms with van der Waals surface area (Å²) in [4.78, 5) is 17.8. The minimum Gasteiger partial charge on any atom is -0.311 e. The highest BCUT2D eigenvalue weighted by molar-refractivity contribution is 7.14. The van der Waals surface area contributed by atoms with Crippen molar-refractivity contribution in [2.75, 3.05) is 18.0 Å². The van der Waals surface area contributed by atoms with E-state index in [-0.39, 0.29) is 5.91 Å². The Balaban J connectivity index is 1.81. The molecule has 118 valence electrons. The molecule has 2 rings (SSSR count). The molecule has 1 aliphatic carbocycles. The summed E-state index contributed by atoms with van der Waals surface area (Å²) in [6, 6.07) is 0. The number of carbonyl (C=O) groups excluding carboxylic acids is 1. The number of amides is 1. The monoisotopic (exact) mass is 309 g/mol. The molecule has 2 atom stereocenters. The third kappa shape index (κ3) is 4.51. The van der Waals surface area contributed by atoms with E-state index in [1.807, 2.05) is 6.92 Å². The van der Waals surface area contributed by atoms with E-state index < -0.39 is 0 Å². The second-order valence-corrected chi connectivity index (χ2v) is 6.87. The number of rotatable bonds is 6. The molecule has 0 aromatic carbocycles. The molecule has 2 unspecified atom stereocenters. The molecular formula is C16H27N3OS. The predicted octanol–water partition coefficient (Wildman–Crippen LogP) is 3.43. The average molecular weight is 309 g/mol. The Kier molecular flexibility index (Phi) is 6.18. The predicted molar refractivity (Wildman–Crippen MR) is 88.6 cm³/mol. The number of hydrogen-bond donors (Lipinski definition) is 1. The van der Waals surface area contributed by atoms with E-state index in [9.17, 15) is 4.79 Å². The van der Waals surface area contributed by atoms with Gasteiger partial charge in [0.2, 0.25) is 5.91 Å². The van der Waals surface area contributed by atoms with Crippen LogP contribution in [0.25, 0.3) is 0 Å². The summed E-state index contributed by atoms with van der Waals surface area (Å²) in [6.07, 6.45) is 5.49. The highest BCUT2D eigenvalue weighted by Crippen LogP contribution is 2.29. The minimum absolute atomic E-state index is 0.0578. The zero-order valence-corrected chi connectivity index (χ0v) is 14.2. The third-order valence-electron chi connectivity index (χ3n) is 4.47. The van der Waals surface area contributed by atoms with Crippen molar-refractivity contribution in [1.82, 2.24) is 10.3 Å². The standard InChI is InChI=1S/C16H27N3OS/c1-4-19(13(3)20)16-18-15(11-21-16)10-17-9-14-8-6-5-7-12(14)2/h11-12,14,17H,4-10H2,1-3H3. The summed E-state index contributed by atoms with van der Waals surface area (Å²) in [6.45, 7) is 8.50. The van der Waals surface area contributed by atoms with E-state index in [0.717, 1.165) is 35.8 Å². The lowest BCUT2D eigenvalue weighted by atomic mass is 9.80. The van der Waals surface area contributed by atoms with Crippen molar-refractivity contribution in [3.05, 3.63) is 11.1 Å². The van der Waals surface area contributed by atoms with E-state index >= 15 is 0 Å². The van der Waals surface area contributed by atoms with Gasteiger partial charge in [-0.15, -0.1) is 11.3 Å². The van der Waals surface area contributed by atoms with Gasteiger partial charge >= 0.3 is 0 Å². The molecule has 1 aliphatic rings. The van der Waals surface area contributed by atoms with Gasteiger partial charge in [-0.3, -0.25) is 9.69 Å². The number of carbonyl (C=O) groups is 1. The molecule has 5 heteroatoms. The van der Waals surface area contributed by atoms with Crippen molar-refractivity contribution in [1.29, 1.82) is 0 Å². The smallest absolute Gasteiger partial charge is 0.225 e. The molecule has 1 heterocycles. The second-order valence-electron chi connectivity index (χ2n) is 6.04. The Morgan fingerprint density at radius 2 is 2.24 bits per heavy atom. The quantitative estimate of drug-likeness (QED) is 0.875. The molecule has 0 saturated heterocycles. The fourth-order valence-electron chi connectivity index (χ4n) is 3.08. The number of hydrogen-bond acceptors (Lipinski definition) is 4. The summed E-state index contributed by atoms with van der Waals surface area (Å²) in [5.41, 5.74) is 1.04. The fourth-order valence-corrected chi connectivity index (χ4v) is 4.01. The molecule has 0 aliphatic heterocycles. The van der Waals surface area contributed by atoms with Crippen molar-refractivity contribution in [3.63, 3.8) is 0 Å². The van der Waals surface area contributed by atoms with Crippen LogP contribution < -0.4 is 10.2 Å². The second kappa shape index (κ2) is 7.90. The highest BCUT2D eigenvalue weighted by Gasteiger charge is 2.20. The fraction of sp³-hybridized carbons (Fsp3) is 0.750. The van der Waals surface area contributed by atoms with Crippen LogP contribution in [0, 0.1) is 11.8 Å². The molecule has 1 aromatic rings. The SMILES string of the molecule is CCN(C(C)=O)c1nc(CNCC2CCCCC2C)cs1. The zero-order valence-electron chi connectivity index (χ0n) is 13.4. The molecule has 21 heavy (non-hydrogen) atoms. The number of aromatic nitrogens is 1. The van der Waals surface area contributed by atoms with Crippen molar-refractivity contribution < 1.29 is 4.79 Å². The molecule has 0 bridgehead atoms. The van der Waals surface area contributed by atoms with Crippen LogP contribution in [0.2, 0.25) is 0 Å². The molecule has 1 fully saturated rings. The molecule has 4 nitrogen and oxygen atoms in total. The van der Waals surface area contributed by atoms with Crippen LogP contribution in [-0.2, 0) is 11.3 Å². The topological polar surface area (TPSA) is 45.2 Å². The van der Waals surface area contributed by atoms with Crippen LogP contribution in [0.4, 0.5) is 5.13 Å². The average Bonchev–Trinajstić information content (AvgIpc) is 2.90. The van der Waals surface area contributed by atoms with Crippen LogP contribution >= 0.6 is 11.3 Å². The Morgan fingerprint density at radius 3 is 2.90 bits per heavy atom. The lowest BCUT2D eigenvalue weighted by Crippen LogP contribution is -2.29. The Morgan fingerprint density at radius 1 is 1.48 bits per heavy atom. The summed E-state index contributed by atoms with van der Waals surface area (Å²) in [5.74, 6) is 1.70. The van der Waals surface area contributed by atoms with Crippen molar-refractivity contribution in [2.24, 2.45) is 11.8 Å². The van der Waals surface area contributed by atoms with Gasteiger partial charge < -0.3 is 5.32 Å². The van der Waals surface area contributed by atoms with Gasteiger partial charge in [0.05, 0.1) is 5.69 Å². The molecular weight excluding hydrogens is 282 g/mol. The van der Waals surface area contributed by atoms with Crippen molar-refractivity contribution >= 4 is 22.4 Å². The first-order valence-electron chi connectivity index (χ1n) is 8.05.